The first kappa shape index (κ1) is 19.6. The maximum atomic E-state index is 12.8. The molecule has 0 saturated carbocycles. The van der Waals surface area contributed by atoms with E-state index in [-0.39, 0.29) is 17.4 Å². The van der Waals surface area contributed by atoms with Crippen LogP contribution in [0.3, 0.4) is 0 Å². The normalized spacial score (nSPS) is 16.9. The fourth-order valence-corrected chi connectivity index (χ4v) is 4.96. The summed E-state index contributed by atoms with van der Waals surface area (Å²) >= 11 is 0. The van der Waals surface area contributed by atoms with E-state index in [9.17, 15) is 4.79 Å². The molecule has 1 aliphatic heterocycles. The van der Waals surface area contributed by atoms with Crippen molar-refractivity contribution in [2.24, 2.45) is 0 Å². The number of H-pyrrole nitrogens is 1. The first-order valence-corrected chi connectivity index (χ1v) is 10.9. The fourth-order valence-electron chi connectivity index (χ4n) is 4.96. The third-order valence-electron chi connectivity index (χ3n) is 6.50. The molecule has 4 aromatic rings. The van der Waals surface area contributed by atoms with Crippen LogP contribution in [-0.2, 0) is 16.6 Å². The summed E-state index contributed by atoms with van der Waals surface area (Å²) in [5.41, 5.74) is 4.51. The Bertz CT molecular complexity index is 1130. The van der Waals surface area contributed by atoms with Gasteiger partial charge in [-0.05, 0) is 35.6 Å². The summed E-state index contributed by atoms with van der Waals surface area (Å²) in [5.74, 6) is 0.0846. The number of aromatic amines is 1. The Hall–Kier alpha value is -3.37. The minimum absolute atomic E-state index is 0.0846. The van der Waals surface area contributed by atoms with Crippen LogP contribution in [0, 0.1) is 0 Å². The van der Waals surface area contributed by atoms with Gasteiger partial charge in [0.1, 0.15) is 0 Å². The standard InChI is InChI=1S/C27H27N3O/c31-26-25(28-15-16-29-26)18-27(21-9-3-1-4-10-21,22-11-5-2-6-12-22)17-20-19-30-24-14-8-7-13-23(20)24/h1-14,19,25,28,30H,15-18H2,(H,29,31)/t25-/m1/s1. The zero-order valence-corrected chi connectivity index (χ0v) is 17.5. The lowest BCUT2D eigenvalue weighted by atomic mass is 9.66. The van der Waals surface area contributed by atoms with E-state index in [1.165, 1.54) is 22.1 Å². The molecule has 3 aromatic carbocycles. The van der Waals surface area contributed by atoms with Gasteiger partial charge in [-0.25, -0.2) is 0 Å². The number of amides is 1. The molecule has 4 nitrogen and oxygen atoms in total. The highest BCUT2D eigenvalue weighted by molar-refractivity contribution is 5.84. The van der Waals surface area contributed by atoms with Gasteiger partial charge < -0.3 is 15.6 Å². The van der Waals surface area contributed by atoms with Crippen LogP contribution in [0.2, 0.25) is 0 Å². The highest BCUT2D eigenvalue weighted by atomic mass is 16.2. The van der Waals surface area contributed by atoms with Crippen LogP contribution in [0.4, 0.5) is 0 Å². The van der Waals surface area contributed by atoms with Gasteiger partial charge in [-0.3, -0.25) is 4.79 Å². The summed E-state index contributed by atoms with van der Waals surface area (Å²) in [6, 6.07) is 29.5. The molecular formula is C27H27N3O. The van der Waals surface area contributed by atoms with Crippen molar-refractivity contribution < 1.29 is 4.79 Å². The van der Waals surface area contributed by atoms with Crippen molar-refractivity contribution in [1.29, 1.82) is 0 Å². The largest absolute Gasteiger partial charge is 0.361 e. The van der Waals surface area contributed by atoms with Gasteiger partial charge in [0, 0.05) is 35.6 Å². The molecule has 1 aliphatic rings. The molecule has 0 bridgehead atoms. The molecule has 5 rings (SSSR count). The maximum Gasteiger partial charge on any atom is 0.237 e. The number of carbonyl (C=O) groups excluding carboxylic acids is 1. The Labute approximate surface area is 182 Å². The minimum atomic E-state index is -0.347. The van der Waals surface area contributed by atoms with Crippen LogP contribution < -0.4 is 10.6 Å². The van der Waals surface area contributed by atoms with Crippen LogP contribution in [0.1, 0.15) is 23.1 Å². The smallest absolute Gasteiger partial charge is 0.237 e. The lowest BCUT2D eigenvalue weighted by Gasteiger charge is -2.39. The molecule has 3 N–H and O–H groups in total. The average molecular weight is 410 g/mol. The summed E-state index contributed by atoms with van der Waals surface area (Å²) in [6.07, 6.45) is 3.61. The highest BCUT2D eigenvalue weighted by Gasteiger charge is 2.40. The topological polar surface area (TPSA) is 56.9 Å². The molecule has 1 saturated heterocycles. The zero-order chi connectivity index (χ0) is 21.1. The number of aromatic nitrogens is 1. The number of nitrogens with one attached hydrogen (secondary N) is 3. The quantitative estimate of drug-likeness (QED) is 0.448. The van der Waals surface area contributed by atoms with E-state index in [1.807, 2.05) is 0 Å². The number of rotatable bonds is 6. The molecule has 2 heterocycles. The molecule has 1 amide bonds. The summed E-state index contributed by atoms with van der Waals surface area (Å²) in [5, 5.41) is 7.73. The molecule has 0 aliphatic carbocycles. The van der Waals surface area contributed by atoms with Crippen LogP contribution >= 0.6 is 0 Å². The molecule has 1 atom stereocenters. The van der Waals surface area contributed by atoms with E-state index < -0.39 is 0 Å². The molecule has 4 heteroatoms. The summed E-state index contributed by atoms with van der Waals surface area (Å²) < 4.78 is 0. The molecule has 0 unspecified atom stereocenters. The van der Waals surface area contributed by atoms with Gasteiger partial charge in [0.05, 0.1) is 6.04 Å². The highest BCUT2D eigenvalue weighted by Crippen LogP contribution is 2.41. The van der Waals surface area contributed by atoms with Crippen molar-refractivity contribution in [3.63, 3.8) is 0 Å². The molecule has 0 radical (unpaired) electrons. The third-order valence-corrected chi connectivity index (χ3v) is 6.50. The van der Waals surface area contributed by atoms with Crippen molar-refractivity contribution in [3.05, 3.63) is 108 Å². The lowest BCUT2D eigenvalue weighted by molar-refractivity contribution is -0.124. The number of carbonyl (C=O) groups is 1. The molecular weight excluding hydrogens is 382 g/mol. The van der Waals surface area contributed by atoms with E-state index in [0.29, 0.717) is 13.0 Å². The van der Waals surface area contributed by atoms with Gasteiger partial charge in [0.25, 0.3) is 0 Å². The van der Waals surface area contributed by atoms with Crippen molar-refractivity contribution in [3.8, 4) is 0 Å². The first-order valence-electron chi connectivity index (χ1n) is 10.9. The number of fused-ring (bicyclic) bond motifs is 1. The number of hydrogen-bond acceptors (Lipinski definition) is 2. The van der Waals surface area contributed by atoms with Gasteiger partial charge in [-0.15, -0.1) is 0 Å². The van der Waals surface area contributed by atoms with Crippen LogP contribution in [0.15, 0.2) is 91.1 Å². The second-order valence-corrected chi connectivity index (χ2v) is 8.35. The second-order valence-electron chi connectivity index (χ2n) is 8.35. The summed E-state index contributed by atoms with van der Waals surface area (Å²) in [6.45, 7) is 1.48. The number of hydrogen-bond donors (Lipinski definition) is 3. The van der Waals surface area contributed by atoms with Gasteiger partial charge >= 0.3 is 0 Å². The number of piperazine rings is 1. The minimum Gasteiger partial charge on any atom is -0.361 e. The molecule has 1 fully saturated rings. The fraction of sp³-hybridized carbons (Fsp3) is 0.222. The van der Waals surface area contributed by atoms with Crippen molar-refractivity contribution in [1.82, 2.24) is 15.6 Å². The Morgan fingerprint density at radius 3 is 2.13 bits per heavy atom. The van der Waals surface area contributed by atoms with Crippen molar-refractivity contribution in [2.45, 2.75) is 24.3 Å². The van der Waals surface area contributed by atoms with Gasteiger partial charge in [0.2, 0.25) is 5.91 Å². The molecule has 1 aromatic heterocycles. The van der Waals surface area contributed by atoms with E-state index >= 15 is 0 Å². The van der Waals surface area contributed by atoms with E-state index in [4.69, 9.17) is 0 Å². The van der Waals surface area contributed by atoms with Crippen LogP contribution in [0.25, 0.3) is 10.9 Å². The maximum absolute atomic E-state index is 12.8. The van der Waals surface area contributed by atoms with Crippen molar-refractivity contribution >= 4 is 16.8 Å². The third kappa shape index (κ3) is 3.75. The number of para-hydroxylation sites is 1. The van der Waals surface area contributed by atoms with Gasteiger partial charge in [-0.1, -0.05) is 78.9 Å². The van der Waals surface area contributed by atoms with E-state index in [2.05, 4.69) is 107 Å². The molecule has 31 heavy (non-hydrogen) atoms. The second kappa shape index (κ2) is 8.40. The van der Waals surface area contributed by atoms with E-state index in [1.54, 1.807) is 0 Å². The predicted molar refractivity (Wildman–Crippen MR) is 125 cm³/mol. The Morgan fingerprint density at radius 1 is 0.806 bits per heavy atom. The summed E-state index contributed by atoms with van der Waals surface area (Å²) in [7, 11) is 0. The van der Waals surface area contributed by atoms with Crippen LogP contribution in [-0.4, -0.2) is 30.0 Å². The lowest BCUT2D eigenvalue weighted by Crippen LogP contribution is -2.55. The number of benzene rings is 3. The predicted octanol–water partition coefficient (Wildman–Crippen LogP) is 4.17. The molecule has 0 spiro atoms. The van der Waals surface area contributed by atoms with E-state index in [0.717, 1.165) is 18.5 Å². The average Bonchev–Trinajstić information content (AvgIpc) is 3.24. The SMILES string of the molecule is O=C1NCCN[C@@H]1CC(Cc1c[nH]c2ccccc12)(c1ccccc1)c1ccccc1. The summed E-state index contributed by atoms with van der Waals surface area (Å²) in [4.78, 5) is 16.2. The Morgan fingerprint density at radius 2 is 1.45 bits per heavy atom. The molecule has 156 valence electrons. The van der Waals surface area contributed by atoms with Gasteiger partial charge in [-0.2, -0.15) is 0 Å². The first-order chi connectivity index (χ1) is 15.3. The van der Waals surface area contributed by atoms with Crippen molar-refractivity contribution in [2.75, 3.05) is 13.1 Å². The monoisotopic (exact) mass is 409 g/mol. The zero-order valence-electron chi connectivity index (χ0n) is 17.5. The van der Waals surface area contributed by atoms with Crippen LogP contribution in [0.5, 0.6) is 0 Å². The Balaban J connectivity index is 1.68. The Kier molecular flexibility index (Phi) is 5.31. The van der Waals surface area contributed by atoms with Gasteiger partial charge in [0.15, 0.2) is 0 Å².